The van der Waals surface area contributed by atoms with Crippen molar-refractivity contribution in [1.29, 1.82) is 0 Å². The van der Waals surface area contributed by atoms with Crippen molar-refractivity contribution >= 4 is 16.9 Å². The average Bonchev–Trinajstić information content (AvgIpc) is 3.13. The molecule has 1 aromatic carbocycles. The van der Waals surface area contributed by atoms with E-state index in [0.29, 0.717) is 6.54 Å². The minimum atomic E-state index is 0.0179. The van der Waals surface area contributed by atoms with Gasteiger partial charge < -0.3 is 15.2 Å². The molecule has 1 unspecified atom stereocenters. The maximum atomic E-state index is 12.8. The lowest BCUT2D eigenvalue weighted by Gasteiger charge is -2.35. The number of fused-ring (bicyclic) bond motifs is 1. The van der Waals surface area contributed by atoms with Crippen LogP contribution in [0.25, 0.3) is 10.9 Å². The second-order valence-corrected chi connectivity index (χ2v) is 6.82. The predicted octanol–water partition coefficient (Wildman–Crippen LogP) is 4.04. The van der Waals surface area contributed by atoms with Gasteiger partial charge in [0, 0.05) is 42.6 Å². The summed E-state index contributed by atoms with van der Waals surface area (Å²) in [6.07, 6.45) is 5.74. The molecule has 2 aromatic heterocycles. The summed E-state index contributed by atoms with van der Waals surface area (Å²) >= 11 is 0. The third kappa shape index (κ3) is 3.57. The van der Waals surface area contributed by atoms with Crippen molar-refractivity contribution in [3.8, 4) is 0 Å². The van der Waals surface area contributed by atoms with Crippen LogP contribution in [0.1, 0.15) is 36.7 Å². The van der Waals surface area contributed by atoms with Crippen LogP contribution in [0.4, 0.5) is 4.79 Å². The van der Waals surface area contributed by atoms with Gasteiger partial charge in [0.25, 0.3) is 0 Å². The van der Waals surface area contributed by atoms with Crippen LogP contribution < -0.4 is 5.32 Å². The highest BCUT2D eigenvalue weighted by Crippen LogP contribution is 2.32. The van der Waals surface area contributed by atoms with E-state index in [1.165, 1.54) is 5.39 Å². The molecule has 1 aliphatic heterocycles. The number of H-pyrrole nitrogens is 1. The zero-order chi connectivity index (χ0) is 17.8. The van der Waals surface area contributed by atoms with Crippen LogP contribution in [0, 0.1) is 0 Å². The smallest absolute Gasteiger partial charge is 0.317 e. The SMILES string of the molecule is O=C(NCCc1ccccn1)N1CCCCC1c1cc2ccccc2[nH]1. The van der Waals surface area contributed by atoms with E-state index in [0.717, 1.165) is 49.1 Å². The number of piperidine rings is 1. The van der Waals surface area contributed by atoms with Crippen LogP contribution >= 0.6 is 0 Å². The molecule has 0 spiro atoms. The van der Waals surface area contributed by atoms with Gasteiger partial charge in [0.1, 0.15) is 0 Å². The summed E-state index contributed by atoms with van der Waals surface area (Å²) in [5.41, 5.74) is 3.26. The summed E-state index contributed by atoms with van der Waals surface area (Å²) in [4.78, 5) is 22.6. The van der Waals surface area contributed by atoms with Crippen molar-refractivity contribution in [3.63, 3.8) is 0 Å². The number of likely N-dealkylation sites (tertiary alicyclic amines) is 1. The number of urea groups is 1. The Kier molecular flexibility index (Phi) is 4.86. The van der Waals surface area contributed by atoms with Crippen molar-refractivity contribution in [2.24, 2.45) is 0 Å². The molecule has 1 saturated heterocycles. The third-order valence-electron chi connectivity index (χ3n) is 5.06. The quantitative estimate of drug-likeness (QED) is 0.747. The largest absolute Gasteiger partial charge is 0.357 e. The summed E-state index contributed by atoms with van der Waals surface area (Å²) < 4.78 is 0. The topological polar surface area (TPSA) is 61.0 Å². The first-order chi connectivity index (χ1) is 12.8. The molecule has 0 bridgehead atoms. The van der Waals surface area contributed by atoms with Gasteiger partial charge in [0.2, 0.25) is 0 Å². The number of carbonyl (C=O) groups is 1. The molecule has 1 aliphatic rings. The Morgan fingerprint density at radius 2 is 2.08 bits per heavy atom. The fourth-order valence-electron chi connectivity index (χ4n) is 3.72. The number of para-hydroxylation sites is 1. The minimum absolute atomic E-state index is 0.0179. The van der Waals surface area contributed by atoms with Crippen molar-refractivity contribution < 1.29 is 4.79 Å². The first-order valence-corrected chi connectivity index (χ1v) is 9.33. The van der Waals surface area contributed by atoms with Gasteiger partial charge in [-0.15, -0.1) is 0 Å². The lowest BCUT2D eigenvalue weighted by Crippen LogP contribution is -2.45. The molecule has 26 heavy (non-hydrogen) atoms. The van der Waals surface area contributed by atoms with Gasteiger partial charge in [-0.1, -0.05) is 24.3 Å². The number of benzene rings is 1. The number of nitrogens with one attached hydrogen (secondary N) is 2. The number of rotatable bonds is 4. The van der Waals surface area contributed by atoms with Crippen LogP contribution in [-0.4, -0.2) is 34.0 Å². The van der Waals surface area contributed by atoms with Gasteiger partial charge in [-0.2, -0.15) is 0 Å². The molecule has 134 valence electrons. The molecule has 3 heterocycles. The third-order valence-corrected chi connectivity index (χ3v) is 5.06. The minimum Gasteiger partial charge on any atom is -0.357 e. The molecule has 0 aliphatic carbocycles. The summed E-state index contributed by atoms with van der Waals surface area (Å²) in [5.74, 6) is 0. The predicted molar refractivity (Wildman–Crippen MR) is 103 cm³/mol. The highest BCUT2D eigenvalue weighted by atomic mass is 16.2. The van der Waals surface area contributed by atoms with Crippen LogP contribution in [-0.2, 0) is 6.42 Å². The standard InChI is InChI=1S/C21H24N4O/c26-21(23-13-11-17-8-3-5-12-22-17)25-14-6-4-10-20(25)19-15-16-7-1-2-9-18(16)24-19/h1-3,5,7-9,12,15,20,24H,4,6,10-11,13-14H2,(H,23,26). The maximum Gasteiger partial charge on any atom is 0.317 e. The molecule has 5 heteroatoms. The van der Waals surface area contributed by atoms with Crippen LogP contribution in [0.3, 0.4) is 0 Å². The number of aromatic nitrogens is 2. The number of carbonyl (C=O) groups excluding carboxylic acids is 1. The summed E-state index contributed by atoms with van der Waals surface area (Å²) in [5, 5.41) is 4.27. The molecule has 5 nitrogen and oxygen atoms in total. The number of hydrogen-bond donors (Lipinski definition) is 2. The van der Waals surface area contributed by atoms with Crippen molar-refractivity contribution in [1.82, 2.24) is 20.2 Å². The Labute approximate surface area is 153 Å². The molecule has 0 radical (unpaired) electrons. The van der Waals surface area contributed by atoms with Crippen molar-refractivity contribution in [2.45, 2.75) is 31.7 Å². The molecule has 4 rings (SSSR count). The van der Waals surface area contributed by atoms with Crippen LogP contribution in [0.2, 0.25) is 0 Å². The summed E-state index contributed by atoms with van der Waals surface area (Å²) in [6.45, 7) is 1.40. The summed E-state index contributed by atoms with van der Waals surface area (Å²) in [7, 11) is 0. The zero-order valence-electron chi connectivity index (χ0n) is 14.8. The molecule has 3 aromatic rings. The van der Waals surface area contributed by atoms with E-state index in [1.807, 2.05) is 35.2 Å². The number of nitrogens with zero attached hydrogens (tertiary/aromatic N) is 2. The average molecular weight is 348 g/mol. The van der Waals surface area contributed by atoms with Gasteiger partial charge in [0.05, 0.1) is 6.04 Å². The molecule has 1 atom stereocenters. The fourth-order valence-corrected chi connectivity index (χ4v) is 3.72. The van der Waals surface area contributed by atoms with E-state index < -0.39 is 0 Å². The van der Waals surface area contributed by atoms with Gasteiger partial charge in [-0.05, 0) is 48.9 Å². The van der Waals surface area contributed by atoms with Gasteiger partial charge >= 0.3 is 6.03 Å². The van der Waals surface area contributed by atoms with E-state index in [2.05, 4.69) is 33.5 Å². The maximum absolute atomic E-state index is 12.8. The normalized spacial score (nSPS) is 17.4. The van der Waals surface area contributed by atoms with Crippen LogP contribution in [0.5, 0.6) is 0 Å². The number of pyridine rings is 1. The lowest BCUT2D eigenvalue weighted by atomic mass is 9.99. The number of aromatic amines is 1. The Bertz CT molecular complexity index is 841. The molecule has 0 saturated carbocycles. The number of amides is 2. The Morgan fingerprint density at radius 1 is 1.19 bits per heavy atom. The summed E-state index contributed by atoms with van der Waals surface area (Å²) in [6, 6.07) is 16.4. The van der Waals surface area contributed by atoms with Gasteiger partial charge in [-0.3, -0.25) is 4.98 Å². The molecule has 2 N–H and O–H groups in total. The second kappa shape index (κ2) is 7.60. The molecular weight excluding hydrogens is 324 g/mol. The lowest BCUT2D eigenvalue weighted by molar-refractivity contribution is 0.150. The monoisotopic (exact) mass is 348 g/mol. The van der Waals surface area contributed by atoms with Crippen LogP contribution in [0.15, 0.2) is 54.7 Å². The van der Waals surface area contributed by atoms with E-state index >= 15 is 0 Å². The van der Waals surface area contributed by atoms with Gasteiger partial charge in [0.15, 0.2) is 0 Å². The highest BCUT2D eigenvalue weighted by molar-refractivity contribution is 5.81. The van der Waals surface area contributed by atoms with E-state index in [9.17, 15) is 4.79 Å². The fraction of sp³-hybridized carbons (Fsp3) is 0.333. The number of hydrogen-bond acceptors (Lipinski definition) is 2. The van der Waals surface area contributed by atoms with Gasteiger partial charge in [-0.25, -0.2) is 4.79 Å². The van der Waals surface area contributed by atoms with E-state index in [1.54, 1.807) is 6.20 Å². The zero-order valence-corrected chi connectivity index (χ0v) is 14.8. The van der Waals surface area contributed by atoms with Crippen molar-refractivity contribution in [3.05, 3.63) is 66.1 Å². The molecular formula is C21H24N4O. The molecule has 1 fully saturated rings. The Balaban J connectivity index is 1.43. The molecule has 2 amide bonds. The first kappa shape index (κ1) is 16.6. The van der Waals surface area contributed by atoms with E-state index in [4.69, 9.17) is 0 Å². The second-order valence-electron chi connectivity index (χ2n) is 6.82. The highest BCUT2D eigenvalue weighted by Gasteiger charge is 2.28. The van der Waals surface area contributed by atoms with Crippen molar-refractivity contribution in [2.75, 3.05) is 13.1 Å². The first-order valence-electron chi connectivity index (χ1n) is 9.33. The Hall–Kier alpha value is -2.82. The van der Waals surface area contributed by atoms with E-state index in [-0.39, 0.29) is 12.1 Å². The Morgan fingerprint density at radius 3 is 2.92 bits per heavy atom.